The number of aryl methyl sites for hydroxylation is 1. The minimum atomic E-state index is 0.302. The molecule has 0 amide bonds. The molecule has 0 bridgehead atoms. The summed E-state index contributed by atoms with van der Waals surface area (Å²) in [6.45, 7) is 3.12. The molecule has 2 aromatic rings. The lowest BCUT2D eigenvalue weighted by Crippen LogP contribution is -2.00. The first-order chi connectivity index (χ1) is 9.22. The van der Waals surface area contributed by atoms with Crippen molar-refractivity contribution in [3.05, 3.63) is 52.0 Å². The second kappa shape index (κ2) is 5.13. The maximum absolute atomic E-state index is 5.39. The van der Waals surface area contributed by atoms with E-state index in [1.54, 1.807) is 0 Å². The van der Waals surface area contributed by atoms with Gasteiger partial charge in [-0.2, -0.15) is 0 Å². The molecule has 0 unspecified atom stereocenters. The SMILES string of the molecule is Cc1cccc(NCc2cc3c(cc2Br)OCO3)c1. The summed E-state index contributed by atoms with van der Waals surface area (Å²) in [6.07, 6.45) is 0. The molecule has 0 spiro atoms. The zero-order valence-electron chi connectivity index (χ0n) is 10.6. The van der Waals surface area contributed by atoms with E-state index in [0.717, 1.165) is 33.8 Å². The fourth-order valence-electron chi connectivity index (χ4n) is 2.05. The lowest BCUT2D eigenvalue weighted by molar-refractivity contribution is 0.174. The Morgan fingerprint density at radius 3 is 2.74 bits per heavy atom. The van der Waals surface area contributed by atoms with Gasteiger partial charge in [0.25, 0.3) is 0 Å². The van der Waals surface area contributed by atoms with E-state index in [0.29, 0.717) is 6.79 Å². The van der Waals surface area contributed by atoms with E-state index >= 15 is 0 Å². The normalized spacial score (nSPS) is 12.5. The van der Waals surface area contributed by atoms with Crippen LogP contribution in [0, 0.1) is 6.92 Å². The molecule has 0 aliphatic carbocycles. The molecule has 19 heavy (non-hydrogen) atoms. The molecule has 0 fully saturated rings. The zero-order chi connectivity index (χ0) is 13.2. The molecule has 1 N–H and O–H groups in total. The highest BCUT2D eigenvalue weighted by Crippen LogP contribution is 2.37. The van der Waals surface area contributed by atoms with Crippen molar-refractivity contribution in [3.63, 3.8) is 0 Å². The highest BCUT2D eigenvalue weighted by atomic mass is 79.9. The van der Waals surface area contributed by atoms with E-state index in [1.807, 2.05) is 18.2 Å². The van der Waals surface area contributed by atoms with E-state index in [4.69, 9.17) is 9.47 Å². The van der Waals surface area contributed by atoms with Crippen molar-refractivity contribution in [1.82, 2.24) is 0 Å². The number of anilines is 1. The topological polar surface area (TPSA) is 30.5 Å². The number of fused-ring (bicyclic) bond motifs is 1. The van der Waals surface area contributed by atoms with E-state index in [-0.39, 0.29) is 0 Å². The molecule has 1 heterocycles. The van der Waals surface area contributed by atoms with Crippen LogP contribution in [-0.4, -0.2) is 6.79 Å². The molecule has 3 rings (SSSR count). The van der Waals surface area contributed by atoms with Crippen LogP contribution in [0.2, 0.25) is 0 Å². The largest absolute Gasteiger partial charge is 0.454 e. The minimum absolute atomic E-state index is 0.302. The van der Waals surface area contributed by atoms with Crippen LogP contribution >= 0.6 is 15.9 Å². The quantitative estimate of drug-likeness (QED) is 0.924. The highest BCUT2D eigenvalue weighted by Gasteiger charge is 2.16. The van der Waals surface area contributed by atoms with Crippen molar-refractivity contribution in [3.8, 4) is 11.5 Å². The van der Waals surface area contributed by atoms with E-state index in [9.17, 15) is 0 Å². The molecule has 4 heteroatoms. The second-order valence-corrected chi connectivity index (χ2v) is 5.37. The molecule has 0 saturated heterocycles. The molecule has 3 nitrogen and oxygen atoms in total. The molecule has 98 valence electrons. The van der Waals surface area contributed by atoms with Crippen molar-refractivity contribution in [2.75, 3.05) is 12.1 Å². The Morgan fingerprint density at radius 2 is 1.95 bits per heavy atom. The third-order valence-electron chi connectivity index (χ3n) is 3.04. The number of rotatable bonds is 3. The first-order valence-corrected chi connectivity index (χ1v) is 6.90. The molecular weight excluding hydrogens is 306 g/mol. The third kappa shape index (κ3) is 2.68. The van der Waals surface area contributed by atoms with Crippen molar-refractivity contribution >= 4 is 21.6 Å². The van der Waals surface area contributed by atoms with Crippen LogP contribution in [0.25, 0.3) is 0 Å². The number of hydrogen-bond acceptors (Lipinski definition) is 3. The molecule has 1 aliphatic heterocycles. The Morgan fingerprint density at radius 1 is 1.16 bits per heavy atom. The average molecular weight is 320 g/mol. The van der Waals surface area contributed by atoms with E-state index < -0.39 is 0 Å². The lowest BCUT2D eigenvalue weighted by Gasteiger charge is -2.10. The maximum atomic E-state index is 5.39. The number of nitrogens with one attached hydrogen (secondary N) is 1. The molecule has 0 saturated carbocycles. The molecule has 0 aromatic heterocycles. The van der Waals surface area contributed by atoms with Gasteiger partial charge in [-0.15, -0.1) is 0 Å². The smallest absolute Gasteiger partial charge is 0.231 e. The van der Waals surface area contributed by atoms with Gasteiger partial charge in [-0.3, -0.25) is 0 Å². The fraction of sp³-hybridized carbons (Fsp3) is 0.200. The number of hydrogen-bond donors (Lipinski definition) is 1. The van der Waals surface area contributed by atoms with Gasteiger partial charge in [0.05, 0.1) is 0 Å². The predicted octanol–water partition coefficient (Wildman–Crippen LogP) is 4.10. The monoisotopic (exact) mass is 319 g/mol. The summed E-state index contributed by atoms with van der Waals surface area (Å²) in [4.78, 5) is 0. The Hall–Kier alpha value is -1.68. The van der Waals surface area contributed by atoms with Crippen molar-refractivity contribution in [2.45, 2.75) is 13.5 Å². The summed E-state index contributed by atoms with van der Waals surface area (Å²) in [7, 11) is 0. The van der Waals surface area contributed by atoms with Gasteiger partial charge in [0.15, 0.2) is 11.5 Å². The lowest BCUT2D eigenvalue weighted by atomic mass is 10.2. The van der Waals surface area contributed by atoms with Crippen LogP contribution in [0.15, 0.2) is 40.9 Å². The number of halogens is 1. The van der Waals surface area contributed by atoms with Gasteiger partial charge >= 0.3 is 0 Å². The Labute approximate surface area is 120 Å². The van der Waals surface area contributed by atoms with Crippen LogP contribution in [0.1, 0.15) is 11.1 Å². The van der Waals surface area contributed by atoms with Crippen molar-refractivity contribution in [1.29, 1.82) is 0 Å². The molecule has 2 aromatic carbocycles. The minimum Gasteiger partial charge on any atom is -0.454 e. The number of ether oxygens (including phenoxy) is 2. The van der Waals surface area contributed by atoms with Gasteiger partial charge < -0.3 is 14.8 Å². The Balaban J connectivity index is 1.77. The van der Waals surface area contributed by atoms with Crippen molar-refractivity contribution < 1.29 is 9.47 Å². The summed E-state index contributed by atoms with van der Waals surface area (Å²) in [6, 6.07) is 12.3. The van der Waals surface area contributed by atoms with Gasteiger partial charge in [-0.1, -0.05) is 28.1 Å². The summed E-state index contributed by atoms with van der Waals surface area (Å²) < 4.78 is 11.8. The third-order valence-corrected chi connectivity index (χ3v) is 3.78. The molecule has 0 radical (unpaired) electrons. The Bertz CT molecular complexity index is 613. The number of benzene rings is 2. The van der Waals surface area contributed by atoms with Crippen LogP contribution in [0.3, 0.4) is 0 Å². The summed E-state index contributed by atoms with van der Waals surface area (Å²) in [5.41, 5.74) is 3.50. The van der Waals surface area contributed by atoms with Gasteiger partial charge in [0.1, 0.15) is 0 Å². The van der Waals surface area contributed by atoms with Crippen LogP contribution in [0.4, 0.5) is 5.69 Å². The molecular formula is C15H14BrNO2. The fourth-order valence-corrected chi connectivity index (χ4v) is 2.51. The van der Waals surface area contributed by atoms with Gasteiger partial charge in [0.2, 0.25) is 6.79 Å². The summed E-state index contributed by atoms with van der Waals surface area (Å²) in [5.74, 6) is 1.61. The van der Waals surface area contributed by atoms with Gasteiger partial charge in [-0.25, -0.2) is 0 Å². The summed E-state index contributed by atoms with van der Waals surface area (Å²) in [5, 5.41) is 3.41. The molecule has 0 atom stereocenters. The average Bonchev–Trinajstić information content (AvgIpc) is 2.83. The first-order valence-electron chi connectivity index (χ1n) is 6.11. The van der Waals surface area contributed by atoms with Crippen LogP contribution < -0.4 is 14.8 Å². The van der Waals surface area contributed by atoms with Crippen LogP contribution in [-0.2, 0) is 6.54 Å². The van der Waals surface area contributed by atoms with Crippen LogP contribution in [0.5, 0.6) is 11.5 Å². The van der Waals surface area contributed by atoms with Gasteiger partial charge in [0, 0.05) is 16.7 Å². The summed E-state index contributed by atoms with van der Waals surface area (Å²) >= 11 is 3.56. The van der Waals surface area contributed by atoms with E-state index in [2.05, 4.69) is 46.4 Å². The highest BCUT2D eigenvalue weighted by molar-refractivity contribution is 9.10. The van der Waals surface area contributed by atoms with Gasteiger partial charge in [-0.05, 0) is 42.3 Å². The maximum Gasteiger partial charge on any atom is 0.231 e. The zero-order valence-corrected chi connectivity index (χ0v) is 12.2. The Kier molecular flexibility index (Phi) is 3.34. The standard InChI is InChI=1S/C15H14BrNO2/c1-10-3-2-4-12(5-10)17-8-11-6-14-15(7-13(11)16)19-9-18-14/h2-7,17H,8-9H2,1H3. The molecule has 1 aliphatic rings. The van der Waals surface area contributed by atoms with E-state index in [1.165, 1.54) is 5.56 Å². The second-order valence-electron chi connectivity index (χ2n) is 4.52. The predicted molar refractivity (Wildman–Crippen MR) is 78.8 cm³/mol. The first kappa shape index (κ1) is 12.4. The van der Waals surface area contributed by atoms with Crippen molar-refractivity contribution in [2.24, 2.45) is 0 Å².